The number of amides is 1. The number of piperazine rings is 1. The van der Waals surface area contributed by atoms with Crippen molar-refractivity contribution < 1.29 is 18.3 Å². The first-order chi connectivity index (χ1) is 14.3. The molecule has 30 heavy (non-hydrogen) atoms. The normalized spacial score (nSPS) is 16.3. The summed E-state index contributed by atoms with van der Waals surface area (Å²) in [5, 5.41) is 9.81. The highest BCUT2D eigenvalue weighted by Crippen LogP contribution is 2.16. The first-order valence-electron chi connectivity index (χ1n) is 10.1. The molecule has 7 nitrogen and oxygen atoms in total. The molecule has 0 aromatic heterocycles. The number of carbonyl (C=O) groups is 1. The van der Waals surface area contributed by atoms with Crippen molar-refractivity contribution in [3.8, 4) is 0 Å². The summed E-state index contributed by atoms with van der Waals surface area (Å²) < 4.78 is 26.9. The Morgan fingerprint density at radius 1 is 1.00 bits per heavy atom. The summed E-state index contributed by atoms with van der Waals surface area (Å²) in [5.74, 6) is -0.0996. The molecule has 1 unspecified atom stereocenters. The van der Waals surface area contributed by atoms with Crippen LogP contribution in [-0.4, -0.2) is 74.0 Å². The van der Waals surface area contributed by atoms with Gasteiger partial charge < -0.3 is 14.9 Å². The lowest BCUT2D eigenvalue weighted by Crippen LogP contribution is -2.53. The number of hydrogen-bond acceptors (Lipinski definition) is 5. The summed E-state index contributed by atoms with van der Waals surface area (Å²) in [7, 11) is -3.42. The van der Waals surface area contributed by atoms with Gasteiger partial charge in [-0.1, -0.05) is 48.5 Å². The van der Waals surface area contributed by atoms with E-state index in [0.717, 1.165) is 11.3 Å². The molecule has 2 aromatic rings. The van der Waals surface area contributed by atoms with Crippen LogP contribution < -0.4 is 4.90 Å². The third-order valence-electron chi connectivity index (χ3n) is 5.11. The van der Waals surface area contributed by atoms with E-state index in [1.165, 1.54) is 4.31 Å². The molecule has 0 saturated carbocycles. The molecule has 0 aliphatic carbocycles. The molecule has 0 radical (unpaired) electrons. The summed E-state index contributed by atoms with van der Waals surface area (Å²) >= 11 is 0. The minimum Gasteiger partial charge on any atom is -0.392 e. The van der Waals surface area contributed by atoms with Gasteiger partial charge in [0.15, 0.2) is 0 Å². The second-order valence-corrected chi connectivity index (χ2v) is 9.56. The van der Waals surface area contributed by atoms with Gasteiger partial charge >= 0.3 is 0 Å². The fourth-order valence-electron chi connectivity index (χ4n) is 3.57. The zero-order valence-electron chi connectivity index (χ0n) is 17.2. The van der Waals surface area contributed by atoms with Gasteiger partial charge in [-0.15, -0.1) is 0 Å². The molecule has 162 valence electrons. The molecular formula is C22H29N3O4S. The Labute approximate surface area is 178 Å². The summed E-state index contributed by atoms with van der Waals surface area (Å²) in [6, 6.07) is 18.6. The number of aliphatic hydroxyl groups excluding tert-OH is 1. The third kappa shape index (κ3) is 6.04. The van der Waals surface area contributed by atoms with Gasteiger partial charge in [-0.3, -0.25) is 4.79 Å². The maximum atomic E-state index is 12.8. The lowest BCUT2D eigenvalue weighted by Gasteiger charge is -2.35. The van der Waals surface area contributed by atoms with Gasteiger partial charge in [0.25, 0.3) is 0 Å². The molecular weight excluding hydrogens is 402 g/mol. The molecule has 1 N–H and O–H groups in total. The molecule has 1 atom stereocenters. The maximum absolute atomic E-state index is 12.8. The Morgan fingerprint density at radius 3 is 2.13 bits per heavy atom. The number of aliphatic hydroxyl groups is 1. The summed E-state index contributed by atoms with van der Waals surface area (Å²) in [5.41, 5.74) is 1.63. The van der Waals surface area contributed by atoms with Crippen molar-refractivity contribution in [3.05, 3.63) is 66.2 Å². The first-order valence-corrected chi connectivity index (χ1v) is 11.7. The van der Waals surface area contributed by atoms with Crippen LogP contribution in [0.3, 0.4) is 0 Å². The van der Waals surface area contributed by atoms with Crippen LogP contribution >= 0.6 is 0 Å². The topological polar surface area (TPSA) is 81.2 Å². The van der Waals surface area contributed by atoms with Crippen molar-refractivity contribution >= 4 is 21.6 Å². The number of para-hydroxylation sites is 1. The van der Waals surface area contributed by atoms with Crippen molar-refractivity contribution in [1.29, 1.82) is 0 Å². The van der Waals surface area contributed by atoms with Gasteiger partial charge in [-0.25, -0.2) is 8.42 Å². The molecule has 0 bridgehead atoms. The zero-order valence-corrected chi connectivity index (χ0v) is 18.0. The van der Waals surface area contributed by atoms with Crippen LogP contribution in [0.5, 0.6) is 0 Å². The molecule has 1 saturated heterocycles. The van der Waals surface area contributed by atoms with E-state index >= 15 is 0 Å². The zero-order chi connectivity index (χ0) is 21.6. The summed E-state index contributed by atoms with van der Waals surface area (Å²) in [6.45, 7) is 3.50. The summed E-state index contributed by atoms with van der Waals surface area (Å²) in [4.78, 5) is 16.4. The molecule has 0 spiro atoms. The standard InChI is InChI=1S/C22H29N3O4S/c1-19(26)16-24(21-10-6-3-7-11-21)17-22(27)23-12-14-25(15-13-23)30(28,29)18-20-8-4-2-5-9-20/h2-11,19,26H,12-18H2,1H3. The van der Waals surface area contributed by atoms with Crippen LogP contribution in [0.1, 0.15) is 12.5 Å². The molecule has 3 rings (SSSR count). The van der Waals surface area contributed by atoms with Gasteiger partial charge in [-0.2, -0.15) is 4.31 Å². The predicted octanol–water partition coefficient (Wildman–Crippen LogP) is 1.55. The van der Waals surface area contributed by atoms with E-state index in [9.17, 15) is 18.3 Å². The fourth-order valence-corrected chi connectivity index (χ4v) is 5.09. The van der Waals surface area contributed by atoms with Crippen LogP contribution in [-0.2, 0) is 20.6 Å². The fraction of sp³-hybridized carbons (Fsp3) is 0.409. The molecule has 1 heterocycles. The Hall–Kier alpha value is -2.42. The van der Waals surface area contributed by atoms with Crippen LogP contribution in [0, 0.1) is 0 Å². The van der Waals surface area contributed by atoms with E-state index in [1.807, 2.05) is 53.4 Å². The Bertz CT molecular complexity index is 912. The quantitative estimate of drug-likeness (QED) is 0.686. The van der Waals surface area contributed by atoms with Crippen molar-refractivity contribution in [3.63, 3.8) is 0 Å². The monoisotopic (exact) mass is 431 g/mol. The van der Waals surface area contributed by atoms with Gasteiger partial charge in [0.05, 0.1) is 18.4 Å². The van der Waals surface area contributed by atoms with Crippen molar-refractivity contribution in [2.75, 3.05) is 44.2 Å². The highest BCUT2D eigenvalue weighted by molar-refractivity contribution is 7.88. The van der Waals surface area contributed by atoms with Crippen LogP contribution in [0.15, 0.2) is 60.7 Å². The van der Waals surface area contributed by atoms with Gasteiger partial charge in [-0.05, 0) is 24.6 Å². The van der Waals surface area contributed by atoms with Gasteiger partial charge in [0.1, 0.15) is 0 Å². The molecule has 8 heteroatoms. The average Bonchev–Trinajstić information content (AvgIpc) is 2.74. The first kappa shape index (κ1) is 22.3. The van der Waals surface area contributed by atoms with Crippen molar-refractivity contribution in [1.82, 2.24) is 9.21 Å². The smallest absolute Gasteiger partial charge is 0.242 e. The molecule has 1 fully saturated rings. The van der Waals surface area contributed by atoms with Crippen LogP contribution in [0.25, 0.3) is 0 Å². The highest BCUT2D eigenvalue weighted by atomic mass is 32.2. The number of rotatable bonds is 8. The number of carbonyl (C=O) groups excluding carboxylic acids is 1. The van der Waals surface area contributed by atoms with E-state index in [4.69, 9.17) is 0 Å². The Balaban J connectivity index is 1.57. The van der Waals surface area contributed by atoms with E-state index in [0.29, 0.717) is 32.7 Å². The lowest BCUT2D eigenvalue weighted by molar-refractivity contribution is -0.130. The van der Waals surface area contributed by atoms with E-state index in [2.05, 4.69) is 0 Å². The second kappa shape index (κ2) is 10.1. The minimum atomic E-state index is -3.42. The lowest BCUT2D eigenvalue weighted by atomic mass is 10.2. The Morgan fingerprint density at radius 2 is 1.57 bits per heavy atom. The summed E-state index contributed by atoms with van der Waals surface area (Å²) in [6.07, 6.45) is -0.571. The molecule has 1 aliphatic rings. The predicted molar refractivity (Wildman–Crippen MR) is 118 cm³/mol. The largest absolute Gasteiger partial charge is 0.392 e. The number of sulfonamides is 1. The van der Waals surface area contributed by atoms with E-state index in [1.54, 1.807) is 24.0 Å². The van der Waals surface area contributed by atoms with Crippen LogP contribution in [0.4, 0.5) is 5.69 Å². The Kier molecular flexibility index (Phi) is 7.47. The molecule has 1 aliphatic heterocycles. The number of benzene rings is 2. The second-order valence-electron chi connectivity index (χ2n) is 7.59. The number of anilines is 1. The minimum absolute atomic E-state index is 0.0298. The average molecular weight is 432 g/mol. The van der Waals surface area contributed by atoms with Gasteiger partial charge in [0, 0.05) is 38.4 Å². The maximum Gasteiger partial charge on any atom is 0.242 e. The number of nitrogens with zero attached hydrogens (tertiary/aromatic N) is 3. The molecule has 1 amide bonds. The van der Waals surface area contributed by atoms with Crippen LogP contribution in [0.2, 0.25) is 0 Å². The van der Waals surface area contributed by atoms with E-state index < -0.39 is 16.1 Å². The van der Waals surface area contributed by atoms with Crippen molar-refractivity contribution in [2.45, 2.75) is 18.8 Å². The SMILES string of the molecule is CC(O)CN(CC(=O)N1CCN(S(=O)(=O)Cc2ccccc2)CC1)c1ccccc1. The third-order valence-corrected chi connectivity index (χ3v) is 6.96. The van der Waals surface area contributed by atoms with Gasteiger partial charge in [0.2, 0.25) is 15.9 Å². The number of hydrogen-bond donors (Lipinski definition) is 1. The van der Waals surface area contributed by atoms with Crippen molar-refractivity contribution in [2.24, 2.45) is 0 Å². The molecule has 2 aromatic carbocycles. The van der Waals surface area contributed by atoms with E-state index in [-0.39, 0.29) is 18.2 Å². The highest BCUT2D eigenvalue weighted by Gasteiger charge is 2.29.